The van der Waals surface area contributed by atoms with Gasteiger partial charge >= 0.3 is 5.97 Å². The lowest BCUT2D eigenvalue weighted by atomic mass is 10.1. The van der Waals surface area contributed by atoms with Crippen LogP contribution < -0.4 is 0 Å². The summed E-state index contributed by atoms with van der Waals surface area (Å²) in [7, 11) is 0. The standard InChI is InChI=1S/C9H10N2O3/c12-2-5-3-1-4-7(6(3)5)10-11-8(4)9(13)14/h3,5-6,12H,1-2H2,(H,10,11)(H,13,14)/t3-,5?,6-/m1/s1. The molecule has 3 atom stereocenters. The lowest BCUT2D eigenvalue weighted by Crippen LogP contribution is -2.03. The quantitative estimate of drug-likeness (QED) is 0.617. The van der Waals surface area contributed by atoms with E-state index in [1.165, 1.54) is 0 Å². The van der Waals surface area contributed by atoms with E-state index in [0.29, 0.717) is 17.8 Å². The SMILES string of the molecule is O=C(O)c1[nH]nc2c1C[C@@H]1C(CO)[C@H]21. The Morgan fingerprint density at radius 1 is 1.64 bits per heavy atom. The Morgan fingerprint density at radius 3 is 3.07 bits per heavy atom. The summed E-state index contributed by atoms with van der Waals surface area (Å²) < 4.78 is 0. The van der Waals surface area contributed by atoms with E-state index in [4.69, 9.17) is 10.2 Å². The third-order valence-corrected chi connectivity index (χ3v) is 3.41. The molecule has 14 heavy (non-hydrogen) atoms. The number of hydrogen-bond acceptors (Lipinski definition) is 3. The summed E-state index contributed by atoms with van der Waals surface area (Å²) in [5, 5.41) is 24.4. The highest BCUT2D eigenvalue weighted by Crippen LogP contribution is 2.60. The largest absolute Gasteiger partial charge is 0.477 e. The maximum Gasteiger partial charge on any atom is 0.354 e. The number of aliphatic hydroxyl groups excluding tert-OH is 1. The first kappa shape index (κ1) is 7.99. The predicted octanol–water partition coefficient (Wildman–Crippen LogP) is -0.0141. The maximum atomic E-state index is 10.8. The Balaban J connectivity index is 1.99. The number of aromatic amines is 1. The van der Waals surface area contributed by atoms with Crippen molar-refractivity contribution in [1.82, 2.24) is 10.2 Å². The number of aromatic nitrogens is 2. The summed E-state index contributed by atoms with van der Waals surface area (Å²) in [6.07, 6.45) is 0.753. The Kier molecular flexibility index (Phi) is 1.35. The molecule has 74 valence electrons. The molecule has 0 radical (unpaired) electrons. The highest BCUT2D eigenvalue weighted by Gasteiger charge is 2.57. The molecule has 1 heterocycles. The molecule has 1 fully saturated rings. The third-order valence-electron chi connectivity index (χ3n) is 3.41. The van der Waals surface area contributed by atoms with Gasteiger partial charge in [-0.05, 0) is 18.3 Å². The van der Waals surface area contributed by atoms with E-state index in [2.05, 4.69) is 10.2 Å². The first-order valence-corrected chi connectivity index (χ1v) is 4.65. The zero-order chi connectivity index (χ0) is 9.87. The lowest BCUT2D eigenvalue weighted by molar-refractivity contribution is 0.0689. The fourth-order valence-corrected chi connectivity index (χ4v) is 2.65. The van der Waals surface area contributed by atoms with Crippen molar-refractivity contribution in [2.45, 2.75) is 12.3 Å². The van der Waals surface area contributed by atoms with Gasteiger partial charge in [-0.3, -0.25) is 5.10 Å². The van der Waals surface area contributed by atoms with Crippen LogP contribution in [-0.2, 0) is 6.42 Å². The van der Waals surface area contributed by atoms with E-state index in [1.54, 1.807) is 0 Å². The van der Waals surface area contributed by atoms with Gasteiger partial charge in [0.2, 0.25) is 0 Å². The van der Waals surface area contributed by atoms with Crippen LogP contribution in [0.5, 0.6) is 0 Å². The van der Waals surface area contributed by atoms with Crippen LogP contribution in [0, 0.1) is 11.8 Å². The first-order chi connectivity index (χ1) is 6.74. The van der Waals surface area contributed by atoms with E-state index >= 15 is 0 Å². The molecule has 1 saturated carbocycles. The highest BCUT2D eigenvalue weighted by atomic mass is 16.4. The number of nitrogens with zero attached hydrogens (tertiary/aromatic N) is 1. The molecule has 1 aromatic rings. The van der Waals surface area contributed by atoms with Gasteiger partial charge in [0.25, 0.3) is 0 Å². The molecular weight excluding hydrogens is 184 g/mol. The third kappa shape index (κ3) is 0.778. The number of aromatic carboxylic acids is 1. The molecule has 2 aliphatic carbocycles. The first-order valence-electron chi connectivity index (χ1n) is 4.65. The molecule has 5 nitrogen and oxygen atoms in total. The fraction of sp³-hybridized carbons (Fsp3) is 0.556. The van der Waals surface area contributed by atoms with E-state index in [-0.39, 0.29) is 12.3 Å². The number of carboxylic acids is 1. The summed E-state index contributed by atoms with van der Waals surface area (Å²) in [6.45, 7) is 0.185. The van der Waals surface area contributed by atoms with E-state index in [9.17, 15) is 4.79 Å². The van der Waals surface area contributed by atoms with Crippen LogP contribution in [0.25, 0.3) is 0 Å². The number of nitrogens with one attached hydrogen (secondary N) is 1. The summed E-state index contributed by atoms with van der Waals surface area (Å²) in [6, 6.07) is 0. The molecule has 0 amide bonds. The van der Waals surface area contributed by atoms with Gasteiger partial charge in [0.1, 0.15) is 5.69 Å². The molecule has 3 N–H and O–H groups in total. The minimum absolute atomic E-state index is 0.185. The molecule has 5 heteroatoms. The number of carbonyl (C=O) groups is 1. The Labute approximate surface area is 79.8 Å². The van der Waals surface area contributed by atoms with Gasteiger partial charge in [-0.15, -0.1) is 0 Å². The number of fused-ring (bicyclic) bond motifs is 3. The van der Waals surface area contributed by atoms with Crippen molar-refractivity contribution in [1.29, 1.82) is 0 Å². The molecule has 1 unspecified atom stereocenters. The van der Waals surface area contributed by atoms with Crippen LogP contribution in [-0.4, -0.2) is 33.0 Å². The molecule has 2 aliphatic rings. The summed E-state index contributed by atoms with van der Waals surface area (Å²) >= 11 is 0. The average Bonchev–Trinajstić information content (AvgIpc) is 2.55. The number of aliphatic hydroxyl groups is 1. The van der Waals surface area contributed by atoms with Crippen LogP contribution in [0.3, 0.4) is 0 Å². The summed E-state index contributed by atoms with van der Waals surface area (Å²) in [5.74, 6) is 0.109. The Bertz CT molecular complexity index is 412. The molecule has 0 bridgehead atoms. The van der Waals surface area contributed by atoms with Gasteiger partial charge in [0.15, 0.2) is 0 Å². The van der Waals surface area contributed by atoms with Crippen LogP contribution in [0.2, 0.25) is 0 Å². The zero-order valence-electron chi connectivity index (χ0n) is 7.40. The maximum absolute atomic E-state index is 10.8. The fourth-order valence-electron chi connectivity index (χ4n) is 2.65. The van der Waals surface area contributed by atoms with Gasteiger partial charge in [-0.1, -0.05) is 0 Å². The minimum atomic E-state index is -0.944. The van der Waals surface area contributed by atoms with Crippen molar-refractivity contribution < 1.29 is 15.0 Å². The van der Waals surface area contributed by atoms with E-state index in [1.807, 2.05) is 0 Å². The second-order valence-electron chi connectivity index (χ2n) is 4.01. The number of hydrogen-bond donors (Lipinski definition) is 3. The molecule has 3 rings (SSSR count). The second-order valence-corrected chi connectivity index (χ2v) is 4.01. The average molecular weight is 194 g/mol. The molecule has 1 aromatic heterocycles. The van der Waals surface area contributed by atoms with Gasteiger partial charge in [-0.2, -0.15) is 5.10 Å². The van der Waals surface area contributed by atoms with Crippen LogP contribution in [0.1, 0.15) is 27.7 Å². The Hall–Kier alpha value is -1.36. The molecule has 0 saturated heterocycles. The van der Waals surface area contributed by atoms with Gasteiger partial charge in [-0.25, -0.2) is 4.79 Å². The van der Waals surface area contributed by atoms with Crippen molar-refractivity contribution >= 4 is 5.97 Å². The molecule has 0 spiro atoms. The molecule has 0 aliphatic heterocycles. The van der Waals surface area contributed by atoms with E-state index in [0.717, 1.165) is 17.7 Å². The topological polar surface area (TPSA) is 86.2 Å². The summed E-state index contributed by atoms with van der Waals surface area (Å²) in [4.78, 5) is 10.8. The molecule has 0 aromatic carbocycles. The van der Waals surface area contributed by atoms with Crippen molar-refractivity contribution in [2.75, 3.05) is 6.61 Å². The monoisotopic (exact) mass is 194 g/mol. The summed E-state index contributed by atoms with van der Waals surface area (Å²) in [5.41, 5.74) is 1.94. The Morgan fingerprint density at radius 2 is 2.43 bits per heavy atom. The van der Waals surface area contributed by atoms with Gasteiger partial charge in [0.05, 0.1) is 5.69 Å². The van der Waals surface area contributed by atoms with Gasteiger partial charge < -0.3 is 10.2 Å². The van der Waals surface area contributed by atoms with Crippen LogP contribution >= 0.6 is 0 Å². The van der Waals surface area contributed by atoms with Crippen LogP contribution in [0.4, 0.5) is 0 Å². The molecular formula is C9H10N2O3. The highest BCUT2D eigenvalue weighted by molar-refractivity contribution is 5.87. The smallest absolute Gasteiger partial charge is 0.354 e. The van der Waals surface area contributed by atoms with E-state index < -0.39 is 5.97 Å². The zero-order valence-corrected chi connectivity index (χ0v) is 7.40. The van der Waals surface area contributed by atoms with Crippen molar-refractivity contribution in [3.05, 3.63) is 17.0 Å². The van der Waals surface area contributed by atoms with Crippen LogP contribution in [0.15, 0.2) is 0 Å². The minimum Gasteiger partial charge on any atom is -0.477 e. The predicted molar refractivity (Wildman–Crippen MR) is 46.1 cm³/mol. The lowest BCUT2D eigenvalue weighted by Gasteiger charge is -1.98. The van der Waals surface area contributed by atoms with Crippen molar-refractivity contribution in [2.24, 2.45) is 11.8 Å². The number of rotatable bonds is 2. The van der Waals surface area contributed by atoms with Crippen molar-refractivity contribution in [3.63, 3.8) is 0 Å². The second kappa shape index (κ2) is 2.36. The normalized spacial score (nSPS) is 32.5. The number of H-pyrrole nitrogens is 1. The number of carboxylic acid groups (broad SMARTS) is 1. The van der Waals surface area contributed by atoms with Crippen molar-refractivity contribution in [3.8, 4) is 0 Å². The van der Waals surface area contributed by atoms with Gasteiger partial charge in [0, 0.05) is 18.1 Å².